The van der Waals surface area contributed by atoms with Crippen molar-refractivity contribution in [3.63, 3.8) is 0 Å². The Balaban J connectivity index is 1.69. The Labute approximate surface area is 138 Å². The number of benzene rings is 2. The van der Waals surface area contributed by atoms with E-state index in [-0.39, 0.29) is 29.6 Å². The summed E-state index contributed by atoms with van der Waals surface area (Å²) in [7, 11) is 0. The van der Waals surface area contributed by atoms with Crippen LogP contribution in [-0.2, 0) is 4.79 Å². The highest BCUT2D eigenvalue weighted by Crippen LogP contribution is 2.21. The van der Waals surface area contributed by atoms with Gasteiger partial charge in [-0.3, -0.25) is 19.7 Å². The van der Waals surface area contributed by atoms with Gasteiger partial charge in [-0.2, -0.15) is 0 Å². The molecule has 1 fully saturated rings. The van der Waals surface area contributed by atoms with Crippen molar-refractivity contribution >= 4 is 23.2 Å². The van der Waals surface area contributed by atoms with Crippen LogP contribution in [0.25, 0.3) is 0 Å². The molecule has 122 valence electrons. The predicted molar refractivity (Wildman–Crippen MR) is 87.8 cm³/mol. The maximum absolute atomic E-state index is 12.3. The molecule has 0 saturated carbocycles. The van der Waals surface area contributed by atoms with Crippen LogP contribution in [0.15, 0.2) is 54.6 Å². The fourth-order valence-corrected chi connectivity index (χ4v) is 2.69. The van der Waals surface area contributed by atoms with Gasteiger partial charge in [0.15, 0.2) is 0 Å². The number of nitro groups is 1. The van der Waals surface area contributed by atoms with Gasteiger partial charge in [0.2, 0.25) is 5.91 Å². The Morgan fingerprint density at radius 1 is 1.17 bits per heavy atom. The number of hydrogen-bond acceptors (Lipinski definition) is 4. The lowest BCUT2D eigenvalue weighted by molar-refractivity contribution is -0.384. The molecule has 0 aliphatic carbocycles. The number of para-hydroxylation sites is 1. The zero-order valence-corrected chi connectivity index (χ0v) is 12.7. The summed E-state index contributed by atoms with van der Waals surface area (Å²) in [5.74, 6) is -0.489. The van der Waals surface area contributed by atoms with E-state index < -0.39 is 10.8 Å². The van der Waals surface area contributed by atoms with Gasteiger partial charge in [-0.25, -0.2) is 0 Å². The lowest BCUT2D eigenvalue weighted by Crippen LogP contribution is -2.37. The smallest absolute Gasteiger partial charge is 0.270 e. The molecule has 24 heavy (non-hydrogen) atoms. The molecule has 7 nitrogen and oxygen atoms in total. The number of rotatable bonds is 4. The number of hydrogen-bond donors (Lipinski definition) is 1. The van der Waals surface area contributed by atoms with E-state index in [4.69, 9.17) is 0 Å². The minimum Gasteiger partial charge on any atom is -0.347 e. The van der Waals surface area contributed by atoms with Crippen LogP contribution in [0.5, 0.6) is 0 Å². The standard InChI is InChI=1S/C17H15N3O4/c21-16-10-13(11-19(16)14-6-2-1-3-7-14)18-17(22)12-5-4-8-15(9-12)20(23)24/h1-9,13H,10-11H2,(H,18,22). The highest BCUT2D eigenvalue weighted by atomic mass is 16.6. The van der Waals surface area contributed by atoms with E-state index in [0.29, 0.717) is 6.54 Å². The summed E-state index contributed by atoms with van der Waals surface area (Å²) >= 11 is 0. The SMILES string of the molecule is O=C(NC1CC(=O)N(c2ccccc2)C1)c1cccc([N+](=O)[O-])c1. The number of carbonyl (C=O) groups is 2. The molecule has 1 aliphatic rings. The van der Waals surface area contributed by atoms with Crippen molar-refractivity contribution < 1.29 is 14.5 Å². The number of amides is 2. The third kappa shape index (κ3) is 3.24. The number of carbonyl (C=O) groups excluding carboxylic acids is 2. The first-order chi connectivity index (χ1) is 11.5. The molecule has 0 radical (unpaired) electrons. The quantitative estimate of drug-likeness (QED) is 0.688. The van der Waals surface area contributed by atoms with E-state index in [0.717, 1.165) is 5.69 Å². The van der Waals surface area contributed by atoms with Gasteiger partial charge in [-0.1, -0.05) is 24.3 Å². The topological polar surface area (TPSA) is 92.6 Å². The molecule has 0 spiro atoms. The normalized spacial score (nSPS) is 16.9. The zero-order valence-electron chi connectivity index (χ0n) is 12.7. The molecule has 1 heterocycles. The lowest BCUT2D eigenvalue weighted by atomic mass is 10.1. The van der Waals surface area contributed by atoms with Crippen LogP contribution in [-0.4, -0.2) is 29.3 Å². The second kappa shape index (κ2) is 6.49. The molecule has 2 aromatic rings. The van der Waals surface area contributed by atoms with E-state index in [1.165, 1.54) is 24.3 Å². The molecule has 1 atom stereocenters. The first kappa shape index (κ1) is 15.7. The van der Waals surface area contributed by atoms with Gasteiger partial charge in [0.05, 0.1) is 11.0 Å². The molecule has 1 saturated heterocycles. The molecule has 0 bridgehead atoms. The van der Waals surface area contributed by atoms with Crippen LogP contribution in [0.2, 0.25) is 0 Å². The van der Waals surface area contributed by atoms with E-state index in [9.17, 15) is 19.7 Å². The molecular weight excluding hydrogens is 310 g/mol. The highest BCUT2D eigenvalue weighted by Gasteiger charge is 2.31. The van der Waals surface area contributed by atoms with Gasteiger partial charge >= 0.3 is 0 Å². The minimum atomic E-state index is -0.549. The van der Waals surface area contributed by atoms with Crippen molar-refractivity contribution in [3.8, 4) is 0 Å². The van der Waals surface area contributed by atoms with Crippen LogP contribution in [0, 0.1) is 10.1 Å². The highest BCUT2D eigenvalue weighted by molar-refractivity contribution is 5.99. The second-order valence-corrected chi connectivity index (χ2v) is 5.52. The third-order valence-corrected chi connectivity index (χ3v) is 3.85. The number of nitro benzene ring substituents is 1. The molecule has 2 aromatic carbocycles. The minimum absolute atomic E-state index is 0.0643. The van der Waals surface area contributed by atoms with Gasteiger partial charge in [-0.15, -0.1) is 0 Å². The predicted octanol–water partition coefficient (Wildman–Crippen LogP) is 2.13. The summed E-state index contributed by atoms with van der Waals surface area (Å²) < 4.78 is 0. The summed E-state index contributed by atoms with van der Waals surface area (Å²) in [6.07, 6.45) is 0.204. The van der Waals surface area contributed by atoms with Crippen molar-refractivity contribution in [1.82, 2.24) is 5.32 Å². The fourth-order valence-electron chi connectivity index (χ4n) is 2.69. The Morgan fingerprint density at radius 2 is 1.92 bits per heavy atom. The Morgan fingerprint density at radius 3 is 2.62 bits per heavy atom. The molecule has 2 amide bonds. The van der Waals surface area contributed by atoms with Crippen LogP contribution in [0.4, 0.5) is 11.4 Å². The van der Waals surface area contributed by atoms with E-state index in [1.54, 1.807) is 4.90 Å². The van der Waals surface area contributed by atoms with Gasteiger partial charge in [0, 0.05) is 36.3 Å². The Hall–Kier alpha value is -3.22. The number of anilines is 1. The van der Waals surface area contributed by atoms with Crippen molar-refractivity contribution in [2.24, 2.45) is 0 Å². The van der Waals surface area contributed by atoms with E-state index >= 15 is 0 Å². The molecule has 7 heteroatoms. The summed E-state index contributed by atoms with van der Waals surface area (Å²) in [4.78, 5) is 36.3. The molecule has 1 aliphatic heterocycles. The van der Waals surface area contributed by atoms with Crippen molar-refractivity contribution in [3.05, 3.63) is 70.3 Å². The van der Waals surface area contributed by atoms with Gasteiger partial charge < -0.3 is 10.2 Å². The van der Waals surface area contributed by atoms with Gasteiger partial charge in [0.1, 0.15) is 0 Å². The number of nitrogens with one attached hydrogen (secondary N) is 1. The first-order valence-electron chi connectivity index (χ1n) is 7.45. The maximum Gasteiger partial charge on any atom is 0.270 e. The van der Waals surface area contributed by atoms with Crippen LogP contribution in [0.3, 0.4) is 0 Å². The summed E-state index contributed by atoms with van der Waals surface area (Å²) in [5.41, 5.74) is 0.848. The number of non-ortho nitro benzene ring substituents is 1. The maximum atomic E-state index is 12.3. The molecule has 1 N–H and O–H groups in total. The van der Waals surface area contributed by atoms with Crippen LogP contribution in [0.1, 0.15) is 16.8 Å². The van der Waals surface area contributed by atoms with Gasteiger partial charge in [0.25, 0.3) is 11.6 Å². The summed E-state index contributed by atoms with van der Waals surface area (Å²) in [6.45, 7) is 0.378. The lowest BCUT2D eigenvalue weighted by Gasteiger charge is -2.17. The van der Waals surface area contributed by atoms with Crippen molar-refractivity contribution in [2.75, 3.05) is 11.4 Å². The largest absolute Gasteiger partial charge is 0.347 e. The summed E-state index contributed by atoms with van der Waals surface area (Å²) in [6, 6.07) is 14.4. The van der Waals surface area contributed by atoms with E-state index in [2.05, 4.69) is 5.32 Å². The van der Waals surface area contributed by atoms with E-state index in [1.807, 2.05) is 30.3 Å². The average Bonchev–Trinajstić information content (AvgIpc) is 2.96. The zero-order chi connectivity index (χ0) is 17.1. The Bertz CT molecular complexity index is 791. The monoisotopic (exact) mass is 325 g/mol. The summed E-state index contributed by atoms with van der Waals surface area (Å²) in [5, 5.41) is 13.6. The fraction of sp³-hybridized carbons (Fsp3) is 0.176. The average molecular weight is 325 g/mol. The molecule has 3 rings (SSSR count). The second-order valence-electron chi connectivity index (χ2n) is 5.52. The van der Waals surface area contributed by atoms with Crippen molar-refractivity contribution in [1.29, 1.82) is 0 Å². The third-order valence-electron chi connectivity index (χ3n) is 3.85. The Kier molecular flexibility index (Phi) is 4.24. The molecular formula is C17H15N3O4. The molecule has 0 aromatic heterocycles. The first-order valence-corrected chi connectivity index (χ1v) is 7.45. The number of nitrogens with zero attached hydrogens (tertiary/aromatic N) is 2. The van der Waals surface area contributed by atoms with Gasteiger partial charge in [-0.05, 0) is 18.2 Å². The van der Waals surface area contributed by atoms with Crippen LogP contribution >= 0.6 is 0 Å². The molecule has 1 unspecified atom stereocenters. The van der Waals surface area contributed by atoms with Crippen LogP contribution < -0.4 is 10.2 Å². The van der Waals surface area contributed by atoms with Crippen molar-refractivity contribution in [2.45, 2.75) is 12.5 Å².